The van der Waals surface area contributed by atoms with Crippen LogP contribution in [0.4, 0.5) is 13.2 Å². The van der Waals surface area contributed by atoms with Gasteiger partial charge >= 0.3 is 12.3 Å². The number of hydrogen-bond acceptors (Lipinski definition) is 5. The monoisotopic (exact) mass is 504 g/mol. The smallest absolute Gasteiger partial charge is 0.493 e. The summed E-state index contributed by atoms with van der Waals surface area (Å²) in [5.74, 6) is 1.11. The molecule has 0 bridgehead atoms. The number of hydrogen-bond donors (Lipinski definition) is 0. The Morgan fingerprint density at radius 3 is 2.50 bits per heavy atom. The molecule has 2 aromatic carbocycles. The van der Waals surface area contributed by atoms with Gasteiger partial charge in [-0.25, -0.2) is 4.98 Å². The summed E-state index contributed by atoms with van der Waals surface area (Å²) in [5, 5.41) is 0. The Morgan fingerprint density at radius 1 is 1.11 bits per heavy atom. The van der Waals surface area contributed by atoms with Gasteiger partial charge in [-0.2, -0.15) is 0 Å². The number of aryl methyl sites for hydroxylation is 2. The topological polar surface area (TPSA) is 62.6 Å². The van der Waals surface area contributed by atoms with Crippen LogP contribution in [-0.2, 0) is 16.1 Å². The fourth-order valence-corrected chi connectivity index (χ4v) is 3.92. The zero-order valence-electron chi connectivity index (χ0n) is 20.9. The van der Waals surface area contributed by atoms with Crippen molar-refractivity contribution in [2.24, 2.45) is 5.92 Å². The molecule has 36 heavy (non-hydrogen) atoms. The molecule has 194 valence electrons. The number of halogens is 3. The molecule has 0 saturated heterocycles. The highest BCUT2D eigenvalue weighted by molar-refractivity contribution is 5.69. The maximum atomic E-state index is 12.5. The van der Waals surface area contributed by atoms with Crippen molar-refractivity contribution in [1.82, 2.24) is 9.55 Å². The van der Waals surface area contributed by atoms with E-state index in [1.54, 1.807) is 18.3 Å². The summed E-state index contributed by atoms with van der Waals surface area (Å²) < 4.78 is 54.3. The first-order valence-corrected chi connectivity index (χ1v) is 11.7. The highest BCUT2D eigenvalue weighted by Gasteiger charge is 2.31. The van der Waals surface area contributed by atoms with Crippen LogP contribution in [0.2, 0.25) is 0 Å². The van der Waals surface area contributed by atoms with Crippen LogP contribution in [-0.4, -0.2) is 35.6 Å². The van der Waals surface area contributed by atoms with Crippen LogP contribution in [0.5, 0.6) is 11.5 Å². The number of aromatic nitrogens is 2. The fourth-order valence-electron chi connectivity index (χ4n) is 3.92. The summed E-state index contributed by atoms with van der Waals surface area (Å²) in [7, 11) is 1.39. The van der Waals surface area contributed by atoms with Gasteiger partial charge in [0, 0.05) is 29.4 Å². The van der Waals surface area contributed by atoms with E-state index in [1.807, 2.05) is 37.5 Å². The molecule has 0 saturated carbocycles. The second-order valence-electron chi connectivity index (χ2n) is 8.87. The van der Waals surface area contributed by atoms with Crippen molar-refractivity contribution in [2.45, 2.75) is 52.9 Å². The molecular formula is C27H31F3N2O4. The molecule has 6 nitrogen and oxygen atoms in total. The zero-order chi connectivity index (χ0) is 26.3. The molecule has 0 aliphatic heterocycles. The molecular weight excluding hydrogens is 473 g/mol. The van der Waals surface area contributed by atoms with Crippen molar-refractivity contribution >= 4 is 5.97 Å². The van der Waals surface area contributed by atoms with E-state index in [1.165, 1.54) is 19.2 Å². The van der Waals surface area contributed by atoms with Crippen LogP contribution < -0.4 is 9.47 Å². The number of methoxy groups -OCH3 is 1. The summed E-state index contributed by atoms with van der Waals surface area (Å²) in [6.45, 7) is 6.94. The first kappa shape index (κ1) is 27.1. The minimum absolute atomic E-state index is 0.210. The molecule has 1 atom stereocenters. The normalized spacial score (nSPS) is 12.3. The SMILES string of the molecule is COC(=O)CC(C)CCCOc1ccc(C)cc1Cn1c(C)cnc1-c1ccc(OC(F)(F)F)cc1. The molecule has 0 fully saturated rings. The largest absolute Gasteiger partial charge is 0.573 e. The minimum Gasteiger partial charge on any atom is -0.493 e. The van der Waals surface area contributed by atoms with Crippen LogP contribution in [0.15, 0.2) is 48.7 Å². The van der Waals surface area contributed by atoms with E-state index in [0.29, 0.717) is 31.0 Å². The second-order valence-corrected chi connectivity index (χ2v) is 8.87. The molecule has 0 radical (unpaired) electrons. The highest BCUT2D eigenvalue weighted by atomic mass is 19.4. The predicted octanol–water partition coefficient (Wildman–Crippen LogP) is 6.47. The molecule has 1 heterocycles. The number of carbonyl (C=O) groups excluding carboxylic acids is 1. The van der Waals surface area contributed by atoms with E-state index < -0.39 is 6.36 Å². The number of imidazole rings is 1. The second kappa shape index (κ2) is 12.0. The molecule has 3 aromatic rings. The van der Waals surface area contributed by atoms with E-state index in [4.69, 9.17) is 9.47 Å². The summed E-state index contributed by atoms with van der Waals surface area (Å²) in [6.07, 6.45) is -0.980. The van der Waals surface area contributed by atoms with Crippen LogP contribution in [0.25, 0.3) is 11.4 Å². The number of rotatable bonds is 11. The maximum Gasteiger partial charge on any atom is 0.573 e. The molecule has 0 aliphatic carbocycles. The van der Waals surface area contributed by atoms with Gasteiger partial charge in [0.25, 0.3) is 0 Å². The molecule has 9 heteroatoms. The number of nitrogens with zero attached hydrogens (tertiary/aromatic N) is 2. The van der Waals surface area contributed by atoms with Crippen LogP contribution in [0.3, 0.4) is 0 Å². The Balaban J connectivity index is 1.72. The number of ether oxygens (including phenoxy) is 3. The highest BCUT2D eigenvalue weighted by Crippen LogP contribution is 2.29. The molecule has 1 unspecified atom stereocenters. The van der Waals surface area contributed by atoms with Crippen molar-refractivity contribution in [1.29, 1.82) is 0 Å². The third-order valence-corrected chi connectivity index (χ3v) is 5.79. The first-order valence-electron chi connectivity index (χ1n) is 11.7. The van der Waals surface area contributed by atoms with Gasteiger partial charge in [0.2, 0.25) is 0 Å². The summed E-state index contributed by atoms with van der Waals surface area (Å²) in [6, 6.07) is 11.7. The third-order valence-electron chi connectivity index (χ3n) is 5.79. The Hall–Kier alpha value is -3.49. The molecule has 0 amide bonds. The van der Waals surface area contributed by atoms with Gasteiger partial charge < -0.3 is 18.8 Å². The lowest BCUT2D eigenvalue weighted by atomic mass is 10.0. The Labute approximate surface area is 209 Å². The molecule has 0 N–H and O–H groups in total. The van der Waals surface area contributed by atoms with Crippen molar-refractivity contribution in [3.05, 3.63) is 65.5 Å². The van der Waals surface area contributed by atoms with E-state index in [9.17, 15) is 18.0 Å². The van der Waals surface area contributed by atoms with Crippen LogP contribution in [0.1, 0.15) is 43.0 Å². The van der Waals surface area contributed by atoms with Gasteiger partial charge in [-0.3, -0.25) is 4.79 Å². The van der Waals surface area contributed by atoms with Crippen molar-refractivity contribution < 1.29 is 32.2 Å². The molecule has 1 aromatic heterocycles. The Kier molecular flexibility index (Phi) is 9.01. The van der Waals surface area contributed by atoms with Gasteiger partial charge in [0.05, 0.1) is 20.3 Å². The van der Waals surface area contributed by atoms with Crippen molar-refractivity contribution in [3.63, 3.8) is 0 Å². The Morgan fingerprint density at radius 2 is 1.83 bits per heavy atom. The molecule has 0 aliphatic rings. The molecule has 0 spiro atoms. The minimum atomic E-state index is -4.74. The lowest BCUT2D eigenvalue weighted by Crippen LogP contribution is -2.17. The summed E-state index contributed by atoms with van der Waals surface area (Å²) >= 11 is 0. The van der Waals surface area contributed by atoms with Gasteiger partial charge in [-0.05, 0) is 62.9 Å². The summed E-state index contributed by atoms with van der Waals surface area (Å²) in [5.41, 5.74) is 3.63. The molecule has 3 rings (SSSR count). The van der Waals surface area contributed by atoms with E-state index in [0.717, 1.165) is 35.4 Å². The van der Waals surface area contributed by atoms with Gasteiger partial charge in [0.1, 0.15) is 17.3 Å². The third kappa shape index (κ3) is 7.76. The van der Waals surface area contributed by atoms with Crippen LogP contribution in [0, 0.1) is 19.8 Å². The average Bonchev–Trinajstić information content (AvgIpc) is 3.17. The van der Waals surface area contributed by atoms with E-state index in [2.05, 4.69) is 15.8 Å². The van der Waals surface area contributed by atoms with Crippen LogP contribution >= 0.6 is 0 Å². The maximum absolute atomic E-state index is 12.5. The van der Waals surface area contributed by atoms with Crippen molar-refractivity contribution in [3.8, 4) is 22.9 Å². The van der Waals surface area contributed by atoms with E-state index >= 15 is 0 Å². The zero-order valence-corrected chi connectivity index (χ0v) is 20.9. The van der Waals surface area contributed by atoms with Crippen molar-refractivity contribution in [2.75, 3.05) is 13.7 Å². The average molecular weight is 505 g/mol. The standard InChI is InChI=1S/C27H31F3N2O4/c1-18(15-25(33)34-4)6-5-13-35-24-12-7-19(2)14-22(24)17-32-20(3)16-31-26(32)21-8-10-23(11-9-21)36-27(28,29)30/h7-12,14,16,18H,5-6,13,15,17H2,1-4H3. The number of esters is 1. The Bertz CT molecular complexity index is 1160. The van der Waals surface area contributed by atoms with E-state index in [-0.39, 0.29) is 17.6 Å². The lowest BCUT2D eigenvalue weighted by Gasteiger charge is -2.16. The van der Waals surface area contributed by atoms with Gasteiger partial charge in [0.15, 0.2) is 0 Å². The summed E-state index contributed by atoms with van der Waals surface area (Å²) in [4.78, 5) is 15.9. The lowest BCUT2D eigenvalue weighted by molar-refractivity contribution is -0.274. The number of benzene rings is 2. The van der Waals surface area contributed by atoms with Gasteiger partial charge in [-0.1, -0.05) is 24.6 Å². The fraction of sp³-hybridized carbons (Fsp3) is 0.407. The quantitative estimate of drug-likeness (QED) is 0.221. The number of carbonyl (C=O) groups is 1. The van der Waals surface area contributed by atoms with Gasteiger partial charge in [-0.15, -0.1) is 13.2 Å². The number of alkyl halides is 3. The first-order chi connectivity index (χ1) is 17.1. The predicted molar refractivity (Wildman–Crippen MR) is 130 cm³/mol.